The molecule has 4 atom stereocenters. The van der Waals surface area contributed by atoms with Crippen molar-refractivity contribution in [2.45, 2.75) is 72.3 Å². The van der Waals surface area contributed by atoms with Gasteiger partial charge in [0.05, 0.1) is 0 Å². The Morgan fingerprint density at radius 1 is 1.35 bits per heavy atom. The van der Waals surface area contributed by atoms with Gasteiger partial charge >= 0.3 is 0 Å². The van der Waals surface area contributed by atoms with Gasteiger partial charge in [0.2, 0.25) is 5.91 Å². The number of rotatable bonds is 5. The minimum Gasteiger partial charge on any atom is -0.353 e. The molecule has 2 heteroatoms. The van der Waals surface area contributed by atoms with Gasteiger partial charge in [-0.1, -0.05) is 53.4 Å². The second-order valence-corrected chi connectivity index (χ2v) is 6.04. The molecule has 1 amide bonds. The highest BCUT2D eigenvalue weighted by Gasteiger charge is 2.28. The van der Waals surface area contributed by atoms with Crippen molar-refractivity contribution in [1.29, 1.82) is 0 Å². The van der Waals surface area contributed by atoms with Crippen molar-refractivity contribution in [2.75, 3.05) is 0 Å². The van der Waals surface area contributed by atoms with Crippen molar-refractivity contribution in [2.24, 2.45) is 17.8 Å². The van der Waals surface area contributed by atoms with Crippen LogP contribution in [0.1, 0.15) is 66.2 Å². The largest absolute Gasteiger partial charge is 0.353 e. The monoisotopic (exact) mass is 239 g/mol. The molecule has 1 saturated carbocycles. The lowest BCUT2D eigenvalue weighted by molar-refractivity contribution is -0.123. The molecule has 0 aromatic rings. The van der Waals surface area contributed by atoms with E-state index in [9.17, 15) is 4.79 Å². The number of amides is 1. The lowest BCUT2D eigenvalue weighted by atomic mass is 9.78. The van der Waals surface area contributed by atoms with Crippen LogP contribution in [-0.4, -0.2) is 11.9 Å². The lowest BCUT2D eigenvalue weighted by Crippen LogP contribution is -2.44. The fraction of sp³-hybridized carbons (Fsp3) is 0.933. The molecule has 0 saturated heterocycles. The molecule has 0 radical (unpaired) electrons. The van der Waals surface area contributed by atoms with Gasteiger partial charge in [0.25, 0.3) is 0 Å². The highest BCUT2D eigenvalue weighted by atomic mass is 16.1. The summed E-state index contributed by atoms with van der Waals surface area (Å²) in [6, 6.07) is 0.417. The molecule has 1 aliphatic carbocycles. The van der Waals surface area contributed by atoms with Gasteiger partial charge in [-0.15, -0.1) is 0 Å². The van der Waals surface area contributed by atoms with Crippen LogP contribution in [0.5, 0.6) is 0 Å². The van der Waals surface area contributed by atoms with Gasteiger partial charge in [-0.3, -0.25) is 4.79 Å². The molecule has 2 nitrogen and oxygen atoms in total. The van der Waals surface area contributed by atoms with Crippen molar-refractivity contribution in [3.8, 4) is 0 Å². The fourth-order valence-corrected chi connectivity index (χ4v) is 2.96. The Morgan fingerprint density at radius 3 is 2.71 bits per heavy atom. The Labute approximate surface area is 107 Å². The van der Waals surface area contributed by atoms with Crippen LogP contribution in [0.3, 0.4) is 0 Å². The molecule has 0 heterocycles. The number of carbonyl (C=O) groups excluding carboxylic acids is 1. The van der Waals surface area contributed by atoms with Crippen molar-refractivity contribution in [1.82, 2.24) is 5.32 Å². The number of hydrogen-bond acceptors (Lipinski definition) is 1. The highest BCUT2D eigenvalue weighted by molar-refractivity contribution is 5.76. The summed E-state index contributed by atoms with van der Waals surface area (Å²) in [7, 11) is 0. The first kappa shape index (κ1) is 14.5. The summed E-state index contributed by atoms with van der Waals surface area (Å²) in [5.41, 5.74) is 0. The molecule has 1 fully saturated rings. The second-order valence-electron chi connectivity index (χ2n) is 6.04. The molecular weight excluding hydrogens is 210 g/mol. The second kappa shape index (κ2) is 7.03. The molecule has 100 valence electrons. The van der Waals surface area contributed by atoms with Crippen LogP contribution < -0.4 is 5.32 Å². The third kappa shape index (κ3) is 4.69. The van der Waals surface area contributed by atoms with Gasteiger partial charge in [-0.05, 0) is 24.2 Å². The predicted molar refractivity (Wildman–Crippen MR) is 72.8 cm³/mol. The summed E-state index contributed by atoms with van der Waals surface area (Å²) in [6.07, 6.45) is 6.78. The average Bonchev–Trinajstić information content (AvgIpc) is 2.25. The van der Waals surface area contributed by atoms with Gasteiger partial charge in [-0.2, -0.15) is 0 Å². The van der Waals surface area contributed by atoms with Crippen molar-refractivity contribution < 1.29 is 4.79 Å². The smallest absolute Gasteiger partial charge is 0.220 e. The van der Waals surface area contributed by atoms with Gasteiger partial charge < -0.3 is 5.32 Å². The highest BCUT2D eigenvalue weighted by Crippen LogP contribution is 2.29. The van der Waals surface area contributed by atoms with Crippen LogP contribution in [0.4, 0.5) is 0 Å². The SMILES string of the molecule is CCCC(C)CC(=O)NC1CCCC(C)C1C. The maximum Gasteiger partial charge on any atom is 0.220 e. The molecule has 0 spiro atoms. The van der Waals surface area contributed by atoms with Crippen LogP contribution >= 0.6 is 0 Å². The van der Waals surface area contributed by atoms with E-state index in [1.807, 2.05) is 0 Å². The third-order valence-corrected chi connectivity index (χ3v) is 4.37. The molecule has 4 unspecified atom stereocenters. The summed E-state index contributed by atoms with van der Waals surface area (Å²) in [5, 5.41) is 3.25. The maximum absolute atomic E-state index is 11.9. The van der Waals surface area contributed by atoms with E-state index in [2.05, 4.69) is 33.0 Å². The Hall–Kier alpha value is -0.530. The fourth-order valence-electron chi connectivity index (χ4n) is 2.96. The molecule has 0 bridgehead atoms. The van der Waals surface area contributed by atoms with Crippen molar-refractivity contribution >= 4 is 5.91 Å². The first-order chi connectivity index (χ1) is 8.04. The lowest BCUT2D eigenvalue weighted by Gasteiger charge is -2.34. The van der Waals surface area contributed by atoms with E-state index in [0.29, 0.717) is 24.3 Å². The Kier molecular flexibility index (Phi) is 6.01. The minimum atomic E-state index is 0.261. The van der Waals surface area contributed by atoms with Crippen LogP contribution in [0.2, 0.25) is 0 Å². The number of carbonyl (C=O) groups is 1. The predicted octanol–water partition coefficient (Wildman–Crippen LogP) is 3.75. The summed E-state index contributed by atoms with van der Waals surface area (Å²) < 4.78 is 0. The van der Waals surface area contributed by atoms with Crippen LogP contribution in [0, 0.1) is 17.8 Å². The standard InChI is InChI=1S/C15H29NO/c1-5-7-11(2)10-15(17)16-14-9-6-8-12(3)13(14)4/h11-14H,5-10H2,1-4H3,(H,16,17). The Balaban J connectivity index is 2.34. The Morgan fingerprint density at radius 2 is 2.06 bits per heavy atom. The van der Waals surface area contributed by atoms with E-state index in [1.165, 1.54) is 25.7 Å². The quantitative estimate of drug-likeness (QED) is 0.777. The molecule has 1 N–H and O–H groups in total. The minimum absolute atomic E-state index is 0.261. The molecule has 1 rings (SSSR count). The zero-order chi connectivity index (χ0) is 12.8. The molecule has 1 aliphatic rings. The van der Waals surface area contributed by atoms with Crippen LogP contribution in [0.25, 0.3) is 0 Å². The van der Waals surface area contributed by atoms with Crippen LogP contribution in [-0.2, 0) is 4.79 Å². The van der Waals surface area contributed by atoms with Gasteiger partial charge in [0.15, 0.2) is 0 Å². The summed E-state index contributed by atoms with van der Waals surface area (Å²) in [6.45, 7) is 8.95. The first-order valence-corrected chi connectivity index (χ1v) is 7.34. The zero-order valence-electron chi connectivity index (χ0n) is 12.0. The van der Waals surface area contributed by atoms with Crippen molar-refractivity contribution in [3.05, 3.63) is 0 Å². The topological polar surface area (TPSA) is 29.1 Å². The number of hydrogen-bond donors (Lipinski definition) is 1. The van der Waals surface area contributed by atoms with Gasteiger partial charge in [-0.25, -0.2) is 0 Å². The number of nitrogens with one attached hydrogen (secondary N) is 1. The van der Waals surface area contributed by atoms with Crippen molar-refractivity contribution in [3.63, 3.8) is 0 Å². The first-order valence-electron chi connectivity index (χ1n) is 7.34. The Bertz CT molecular complexity index is 239. The average molecular weight is 239 g/mol. The van der Waals surface area contributed by atoms with E-state index in [1.54, 1.807) is 0 Å². The summed E-state index contributed by atoms with van der Waals surface area (Å²) >= 11 is 0. The van der Waals surface area contributed by atoms with E-state index in [0.717, 1.165) is 12.3 Å². The third-order valence-electron chi connectivity index (χ3n) is 4.37. The molecular formula is C15H29NO. The van der Waals surface area contributed by atoms with Gasteiger partial charge in [0, 0.05) is 12.5 Å². The zero-order valence-corrected chi connectivity index (χ0v) is 12.0. The van der Waals surface area contributed by atoms with E-state index in [-0.39, 0.29) is 5.91 Å². The van der Waals surface area contributed by atoms with E-state index >= 15 is 0 Å². The van der Waals surface area contributed by atoms with E-state index < -0.39 is 0 Å². The summed E-state index contributed by atoms with van der Waals surface area (Å²) in [4.78, 5) is 11.9. The molecule has 17 heavy (non-hydrogen) atoms. The van der Waals surface area contributed by atoms with Crippen LogP contribution in [0.15, 0.2) is 0 Å². The van der Waals surface area contributed by atoms with E-state index in [4.69, 9.17) is 0 Å². The molecule has 0 aromatic heterocycles. The maximum atomic E-state index is 11.9. The molecule has 0 aliphatic heterocycles. The summed E-state index contributed by atoms with van der Waals surface area (Å²) in [5.74, 6) is 2.17. The molecule has 0 aromatic carbocycles. The van der Waals surface area contributed by atoms with Gasteiger partial charge in [0.1, 0.15) is 0 Å². The normalized spacial score (nSPS) is 30.9.